The van der Waals surface area contributed by atoms with E-state index in [4.69, 9.17) is 16.2 Å². The summed E-state index contributed by atoms with van der Waals surface area (Å²) in [5.41, 5.74) is 12.1. The SMILES string of the molecule is Nc1ccc(C(=O)OCc2cc(F)cc(F)c2)c(N)c1. The van der Waals surface area contributed by atoms with E-state index in [0.717, 1.165) is 18.2 Å². The lowest BCUT2D eigenvalue weighted by Crippen LogP contribution is -2.09. The topological polar surface area (TPSA) is 78.3 Å². The number of rotatable bonds is 3. The standard InChI is InChI=1S/C14H12F2N2O2/c15-9-3-8(4-10(16)5-9)7-20-14(19)12-2-1-11(17)6-13(12)18/h1-6H,7,17-18H2. The van der Waals surface area contributed by atoms with Gasteiger partial charge in [-0.3, -0.25) is 0 Å². The zero-order chi connectivity index (χ0) is 14.7. The highest BCUT2D eigenvalue weighted by Gasteiger charge is 2.12. The first-order valence-electron chi connectivity index (χ1n) is 5.73. The van der Waals surface area contributed by atoms with Gasteiger partial charge >= 0.3 is 5.97 Å². The Morgan fingerprint density at radius 1 is 1.05 bits per heavy atom. The van der Waals surface area contributed by atoms with Gasteiger partial charge in [0, 0.05) is 17.4 Å². The van der Waals surface area contributed by atoms with Crippen molar-refractivity contribution >= 4 is 17.3 Å². The minimum atomic E-state index is -0.733. The van der Waals surface area contributed by atoms with Gasteiger partial charge in [0.2, 0.25) is 0 Å². The summed E-state index contributed by atoms with van der Waals surface area (Å²) in [6.45, 7) is -0.253. The van der Waals surface area contributed by atoms with E-state index in [2.05, 4.69) is 0 Å². The fraction of sp³-hybridized carbons (Fsp3) is 0.0714. The quantitative estimate of drug-likeness (QED) is 0.668. The van der Waals surface area contributed by atoms with Crippen molar-refractivity contribution in [1.29, 1.82) is 0 Å². The second-order valence-electron chi connectivity index (χ2n) is 4.20. The average molecular weight is 278 g/mol. The van der Waals surface area contributed by atoms with Crippen LogP contribution in [0.3, 0.4) is 0 Å². The highest BCUT2D eigenvalue weighted by Crippen LogP contribution is 2.17. The van der Waals surface area contributed by atoms with Gasteiger partial charge in [-0.1, -0.05) is 0 Å². The second-order valence-corrected chi connectivity index (χ2v) is 4.20. The highest BCUT2D eigenvalue weighted by molar-refractivity contribution is 5.95. The van der Waals surface area contributed by atoms with Crippen LogP contribution in [0, 0.1) is 11.6 Å². The van der Waals surface area contributed by atoms with Crippen LogP contribution in [0.15, 0.2) is 36.4 Å². The molecule has 2 aromatic carbocycles. The Kier molecular flexibility index (Phi) is 3.84. The van der Waals surface area contributed by atoms with E-state index in [1.165, 1.54) is 18.2 Å². The van der Waals surface area contributed by atoms with Crippen molar-refractivity contribution in [2.24, 2.45) is 0 Å². The largest absolute Gasteiger partial charge is 0.457 e. The Hall–Kier alpha value is -2.63. The molecule has 0 heterocycles. The third-order valence-corrected chi connectivity index (χ3v) is 2.59. The van der Waals surface area contributed by atoms with Gasteiger partial charge in [0.25, 0.3) is 0 Å². The zero-order valence-electron chi connectivity index (χ0n) is 10.4. The van der Waals surface area contributed by atoms with E-state index in [0.29, 0.717) is 5.69 Å². The van der Waals surface area contributed by atoms with Crippen LogP contribution in [0.2, 0.25) is 0 Å². The van der Waals surface area contributed by atoms with Crippen molar-refractivity contribution in [3.05, 3.63) is 59.2 Å². The third-order valence-electron chi connectivity index (χ3n) is 2.59. The molecule has 0 bridgehead atoms. The van der Waals surface area contributed by atoms with Crippen LogP contribution < -0.4 is 11.5 Å². The fourth-order valence-corrected chi connectivity index (χ4v) is 1.69. The maximum atomic E-state index is 13.0. The molecule has 4 nitrogen and oxygen atoms in total. The third kappa shape index (κ3) is 3.23. The first-order chi connectivity index (χ1) is 9.45. The lowest BCUT2D eigenvalue weighted by molar-refractivity contribution is 0.0473. The van der Waals surface area contributed by atoms with Gasteiger partial charge in [-0.2, -0.15) is 0 Å². The van der Waals surface area contributed by atoms with E-state index >= 15 is 0 Å². The summed E-state index contributed by atoms with van der Waals surface area (Å²) >= 11 is 0. The molecule has 0 aliphatic heterocycles. The molecule has 0 radical (unpaired) electrons. The maximum absolute atomic E-state index is 13.0. The number of esters is 1. The summed E-state index contributed by atoms with van der Waals surface area (Å²) in [5.74, 6) is -2.15. The number of carbonyl (C=O) groups excluding carboxylic acids is 1. The van der Waals surface area contributed by atoms with Gasteiger partial charge in [-0.25, -0.2) is 13.6 Å². The molecule has 0 spiro atoms. The Balaban J connectivity index is 2.08. The van der Waals surface area contributed by atoms with Crippen molar-refractivity contribution in [3.63, 3.8) is 0 Å². The number of halogens is 2. The fourth-order valence-electron chi connectivity index (χ4n) is 1.69. The molecule has 0 aliphatic rings. The minimum absolute atomic E-state index is 0.149. The van der Waals surface area contributed by atoms with Gasteiger partial charge in [0.05, 0.1) is 5.56 Å². The zero-order valence-corrected chi connectivity index (χ0v) is 10.4. The van der Waals surface area contributed by atoms with Crippen molar-refractivity contribution in [3.8, 4) is 0 Å². The number of benzene rings is 2. The maximum Gasteiger partial charge on any atom is 0.340 e. The van der Waals surface area contributed by atoms with Crippen molar-refractivity contribution in [1.82, 2.24) is 0 Å². The molecule has 0 saturated heterocycles. The van der Waals surface area contributed by atoms with Crippen LogP contribution in [0.25, 0.3) is 0 Å². The summed E-state index contributed by atoms with van der Waals surface area (Å²) in [6, 6.07) is 7.28. The summed E-state index contributed by atoms with van der Waals surface area (Å²) in [6.07, 6.45) is 0. The number of carbonyl (C=O) groups is 1. The number of nitrogen functional groups attached to an aromatic ring is 2. The minimum Gasteiger partial charge on any atom is -0.457 e. The Morgan fingerprint density at radius 2 is 1.70 bits per heavy atom. The number of nitrogens with two attached hydrogens (primary N) is 2. The summed E-state index contributed by atoms with van der Waals surface area (Å²) < 4.78 is 30.9. The predicted octanol–water partition coefficient (Wildman–Crippen LogP) is 2.49. The summed E-state index contributed by atoms with van der Waals surface area (Å²) in [7, 11) is 0. The first-order valence-corrected chi connectivity index (χ1v) is 5.73. The molecule has 0 unspecified atom stereocenters. The van der Waals surface area contributed by atoms with E-state index in [1.54, 1.807) is 0 Å². The second kappa shape index (κ2) is 5.56. The molecule has 0 amide bonds. The molecular formula is C14H12F2N2O2. The smallest absolute Gasteiger partial charge is 0.340 e. The van der Waals surface area contributed by atoms with Crippen LogP contribution in [-0.4, -0.2) is 5.97 Å². The van der Waals surface area contributed by atoms with E-state index in [9.17, 15) is 13.6 Å². The van der Waals surface area contributed by atoms with E-state index in [-0.39, 0.29) is 23.4 Å². The molecular weight excluding hydrogens is 266 g/mol. The van der Waals surface area contributed by atoms with Crippen LogP contribution in [0.5, 0.6) is 0 Å². The van der Waals surface area contributed by atoms with Gasteiger partial charge in [0.1, 0.15) is 18.2 Å². The summed E-state index contributed by atoms with van der Waals surface area (Å²) in [4.78, 5) is 11.8. The molecule has 6 heteroatoms. The van der Waals surface area contributed by atoms with E-state index in [1.807, 2.05) is 0 Å². The van der Waals surface area contributed by atoms with Crippen LogP contribution in [0.1, 0.15) is 15.9 Å². The van der Waals surface area contributed by atoms with Crippen molar-refractivity contribution in [2.45, 2.75) is 6.61 Å². The average Bonchev–Trinajstić information content (AvgIpc) is 2.35. The van der Waals surface area contributed by atoms with Crippen molar-refractivity contribution in [2.75, 3.05) is 11.5 Å². The van der Waals surface area contributed by atoms with Crippen molar-refractivity contribution < 1.29 is 18.3 Å². The number of hydrogen-bond acceptors (Lipinski definition) is 4. The van der Waals surface area contributed by atoms with Crippen LogP contribution >= 0.6 is 0 Å². The molecule has 2 rings (SSSR count). The van der Waals surface area contributed by atoms with Gasteiger partial charge in [-0.05, 0) is 35.9 Å². The molecule has 4 N–H and O–H groups in total. The lowest BCUT2D eigenvalue weighted by atomic mass is 10.1. The Bertz CT molecular complexity index is 639. The van der Waals surface area contributed by atoms with Gasteiger partial charge in [0.15, 0.2) is 0 Å². The van der Waals surface area contributed by atoms with Crippen LogP contribution in [0.4, 0.5) is 20.2 Å². The predicted molar refractivity (Wildman–Crippen MR) is 70.7 cm³/mol. The molecule has 0 aromatic heterocycles. The van der Waals surface area contributed by atoms with E-state index < -0.39 is 17.6 Å². The Labute approximate surface area is 114 Å². The number of anilines is 2. The molecule has 104 valence electrons. The molecule has 20 heavy (non-hydrogen) atoms. The summed E-state index contributed by atoms with van der Waals surface area (Å²) in [5, 5.41) is 0. The lowest BCUT2D eigenvalue weighted by Gasteiger charge is -2.08. The first kappa shape index (κ1) is 13.8. The van der Waals surface area contributed by atoms with Gasteiger partial charge in [-0.15, -0.1) is 0 Å². The molecule has 0 fully saturated rings. The number of hydrogen-bond donors (Lipinski definition) is 2. The monoisotopic (exact) mass is 278 g/mol. The highest BCUT2D eigenvalue weighted by atomic mass is 19.1. The molecule has 0 atom stereocenters. The molecule has 0 aliphatic carbocycles. The van der Waals surface area contributed by atoms with Crippen LogP contribution in [-0.2, 0) is 11.3 Å². The Morgan fingerprint density at radius 3 is 2.30 bits per heavy atom. The molecule has 0 saturated carbocycles. The van der Waals surface area contributed by atoms with Gasteiger partial charge < -0.3 is 16.2 Å². The molecule has 2 aromatic rings. The number of ether oxygens (including phenoxy) is 1. The normalized spacial score (nSPS) is 10.3.